The molecule has 0 atom stereocenters. The molecule has 1 heteroatoms. The molecule has 0 aromatic carbocycles. The molecule has 0 amide bonds. The highest BCUT2D eigenvalue weighted by molar-refractivity contribution is 4.45. The zero-order chi connectivity index (χ0) is 14.5. The molecule has 0 heterocycles. The summed E-state index contributed by atoms with van der Waals surface area (Å²) in [4.78, 5) is 0. The fourth-order valence-electron chi connectivity index (χ4n) is 1.56. The maximum atomic E-state index is 2.75. The van der Waals surface area contributed by atoms with Gasteiger partial charge in [0.05, 0.1) is 0 Å². The van der Waals surface area contributed by atoms with E-state index in [0.29, 0.717) is 0 Å². The number of rotatable bonds is 9. The van der Waals surface area contributed by atoms with Gasteiger partial charge in [-0.05, 0) is 14.1 Å². The molecular weight excluding hydrogens is 218 g/mol. The zero-order valence-electron chi connectivity index (χ0n) is 14.3. The first kappa shape index (κ1) is 23.1. The Balaban J connectivity index is -0.000000315. The van der Waals surface area contributed by atoms with E-state index < -0.39 is 0 Å². The topological polar surface area (TPSA) is 12.0 Å². The molecule has 0 aliphatic heterocycles. The van der Waals surface area contributed by atoms with Crippen molar-refractivity contribution in [3.05, 3.63) is 0 Å². The highest BCUT2D eigenvalue weighted by atomic mass is 14.7. The van der Waals surface area contributed by atoms with Crippen LogP contribution < -0.4 is 5.32 Å². The van der Waals surface area contributed by atoms with E-state index in [-0.39, 0.29) is 0 Å². The quantitative estimate of drug-likeness (QED) is 0.488. The van der Waals surface area contributed by atoms with Crippen LogP contribution in [0.4, 0.5) is 0 Å². The third-order valence-electron chi connectivity index (χ3n) is 2.46. The first-order valence-corrected chi connectivity index (χ1v) is 8.33. The van der Waals surface area contributed by atoms with E-state index in [9.17, 15) is 0 Å². The van der Waals surface area contributed by atoms with Crippen molar-refractivity contribution in [1.29, 1.82) is 0 Å². The number of hydrogen-bond acceptors (Lipinski definition) is 1. The van der Waals surface area contributed by atoms with Gasteiger partial charge in [0.25, 0.3) is 0 Å². The predicted octanol–water partition coefficient (Wildman–Crippen LogP) is 6.18. The van der Waals surface area contributed by atoms with E-state index >= 15 is 0 Å². The molecule has 0 saturated heterocycles. The maximum absolute atomic E-state index is 2.75. The van der Waals surface area contributed by atoms with Gasteiger partial charge in [0, 0.05) is 0 Å². The molecular formula is C17H41N. The van der Waals surface area contributed by atoms with Gasteiger partial charge in [-0.25, -0.2) is 0 Å². The van der Waals surface area contributed by atoms with E-state index in [0.717, 1.165) is 0 Å². The van der Waals surface area contributed by atoms with Crippen LogP contribution in [0, 0.1) is 0 Å². The van der Waals surface area contributed by atoms with Crippen molar-refractivity contribution < 1.29 is 0 Å². The first-order chi connectivity index (χ1) is 8.74. The summed E-state index contributed by atoms with van der Waals surface area (Å²) in [6, 6.07) is 0. The predicted molar refractivity (Wildman–Crippen MR) is 88.5 cm³/mol. The molecule has 0 unspecified atom stereocenters. The largest absolute Gasteiger partial charge is 0.323 e. The van der Waals surface area contributed by atoms with Gasteiger partial charge in [-0.15, -0.1) is 0 Å². The fourth-order valence-corrected chi connectivity index (χ4v) is 1.56. The Kier molecular flexibility index (Phi) is 38.7. The Morgan fingerprint density at radius 2 is 0.667 bits per heavy atom. The summed E-state index contributed by atoms with van der Waals surface area (Å²) >= 11 is 0. The average molecular weight is 260 g/mol. The van der Waals surface area contributed by atoms with Crippen LogP contribution in [0.3, 0.4) is 0 Å². The Bertz CT molecular complexity index is 79.6. The number of hydrogen-bond donors (Lipinski definition) is 1. The summed E-state index contributed by atoms with van der Waals surface area (Å²) in [6.07, 6.45) is 15.7. The van der Waals surface area contributed by atoms with Crippen molar-refractivity contribution in [1.82, 2.24) is 5.32 Å². The lowest BCUT2D eigenvalue weighted by Crippen LogP contribution is -1.89. The zero-order valence-corrected chi connectivity index (χ0v) is 14.3. The Labute approximate surface area is 118 Å². The lowest BCUT2D eigenvalue weighted by atomic mass is 10.1. The van der Waals surface area contributed by atoms with Gasteiger partial charge in [-0.1, -0.05) is 98.3 Å². The Morgan fingerprint density at radius 1 is 0.500 bits per heavy atom. The first-order valence-electron chi connectivity index (χ1n) is 8.33. The highest BCUT2D eigenvalue weighted by Gasteiger charge is 1.90. The maximum Gasteiger partial charge on any atom is -0.0167 e. The molecule has 0 saturated carbocycles. The minimum Gasteiger partial charge on any atom is -0.323 e. The molecule has 0 aliphatic rings. The molecule has 0 aromatic rings. The number of unbranched alkanes of at least 4 members (excludes halogenated alkanes) is 9. The average Bonchev–Trinajstić information content (AvgIpc) is 2.35. The lowest BCUT2D eigenvalue weighted by molar-refractivity contribution is 0.562. The molecule has 0 bridgehead atoms. The normalized spacial score (nSPS) is 9.00. The van der Waals surface area contributed by atoms with Crippen molar-refractivity contribution in [3.8, 4) is 0 Å². The van der Waals surface area contributed by atoms with E-state index in [1.54, 1.807) is 0 Å². The van der Waals surface area contributed by atoms with Crippen LogP contribution in [-0.4, -0.2) is 14.1 Å². The lowest BCUT2D eigenvalue weighted by Gasteiger charge is -1.99. The van der Waals surface area contributed by atoms with E-state index in [4.69, 9.17) is 0 Å². The van der Waals surface area contributed by atoms with Crippen LogP contribution in [0.1, 0.15) is 98.3 Å². The van der Waals surface area contributed by atoms with Crippen LogP contribution >= 0.6 is 0 Å². The third kappa shape index (κ3) is 44.5. The third-order valence-corrected chi connectivity index (χ3v) is 2.46. The molecule has 0 radical (unpaired) electrons. The summed E-state index contributed by atoms with van der Waals surface area (Å²) in [5.74, 6) is 0. The molecule has 18 heavy (non-hydrogen) atoms. The van der Waals surface area contributed by atoms with Gasteiger partial charge in [0.15, 0.2) is 0 Å². The molecule has 1 N–H and O–H groups in total. The Morgan fingerprint density at radius 3 is 0.833 bits per heavy atom. The van der Waals surface area contributed by atoms with Gasteiger partial charge in [0.2, 0.25) is 0 Å². The summed E-state index contributed by atoms with van der Waals surface area (Å²) in [6.45, 7) is 8.81. The smallest absolute Gasteiger partial charge is 0.0167 e. The van der Waals surface area contributed by atoms with Crippen LogP contribution in [0.25, 0.3) is 0 Å². The summed E-state index contributed by atoms with van der Waals surface area (Å²) in [7, 11) is 3.75. The molecule has 1 nitrogen and oxygen atoms in total. The fraction of sp³-hybridized carbons (Fsp3) is 1.00. The van der Waals surface area contributed by atoms with Gasteiger partial charge >= 0.3 is 0 Å². The van der Waals surface area contributed by atoms with E-state index in [1.807, 2.05) is 14.1 Å². The van der Waals surface area contributed by atoms with Crippen molar-refractivity contribution in [2.45, 2.75) is 98.3 Å². The van der Waals surface area contributed by atoms with Gasteiger partial charge in [-0.2, -0.15) is 0 Å². The molecule has 0 fully saturated rings. The van der Waals surface area contributed by atoms with Crippen LogP contribution in [-0.2, 0) is 0 Å². The summed E-state index contributed by atoms with van der Waals surface area (Å²) in [5.41, 5.74) is 0. The number of nitrogens with one attached hydrogen (secondary N) is 1. The van der Waals surface area contributed by atoms with Gasteiger partial charge in [0.1, 0.15) is 0 Å². The summed E-state index contributed by atoms with van der Waals surface area (Å²) < 4.78 is 0. The van der Waals surface area contributed by atoms with Crippen molar-refractivity contribution >= 4 is 0 Å². The highest BCUT2D eigenvalue weighted by Crippen LogP contribution is 2.09. The second kappa shape index (κ2) is 30.2. The van der Waals surface area contributed by atoms with Crippen molar-refractivity contribution in [3.63, 3.8) is 0 Å². The SMILES string of the molecule is CCC.CCCCCCCCCCCC.CNC. The van der Waals surface area contributed by atoms with Gasteiger partial charge in [-0.3, -0.25) is 0 Å². The second-order valence-electron chi connectivity index (χ2n) is 5.04. The molecule has 0 aliphatic carbocycles. The van der Waals surface area contributed by atoms with Crippen molar-refractivity contribution in [2.24, 2.45) is 0 Å². The minimum atomic E-state index is 1.25. The second-order valence-corrected chi connectivity index (χ2v) is 5.04. The Hall–Kier alpha value is -0.0400. The van der Waals surface area contributed by atoms with Gasteiger partial charge < -0.3 is 5.32 Å². The standard InChI is InChI=1S/C12H26.C3H8.C2H7N/c1-3-5-7-9-11-12-10-8-6-4-2;2*1-3-2/h3-12H2,1-2H3;3H2,1-2H3;3H,1-2H3. The van der Waals surface area contributed by atoms with Crippen LogP contribution in [0.5, 0.6) is 0 Å². The van der Waals surface area contributed by atoms with E-state index in [1.165, 1.54) is 70.6 Å². The monoisotopic (exact) mass is 259 g/mol. The molecule has 0 rings (SSSR count). The molecule has 114 valence electrons. The van der Waals surface area contributed by atoms with E-state index in [2.05, 4.69) is 33.0 Å². The summed E-state index contributed by atoms with van der Waals surface area (Å²) in [5, 5.41) is 2.75. The molecule has 0 aromatic heterocycles. The van der Waals surface area contributed by atoms with Crippen LogP contribution in [0.15, 0.2) is 0 Å². The van der Waals surface area contributed by atoms with Crippen molar-refractivity contribution in [2.75, 3.05) is 14.1 Å². The minimum absolute atomic E-state index is 1.25. The van der Waals surface area contributed by atoms with Crippen LogP contribution in [0.2, 0.25) is 0 Å². The molecule has 0 spiro atoms.